The molecule has 3 rings (SSSR count). The maximum Gasteiger partial charge on any atom is 0.354 e. The van der Waals surface area contributed by atoms with E-state index in [0.29, 0.717) is 5.82 Å². The van der Waals surface area contributed by atoms with Crippen LogP contribution < -0.4 is 10.2 Å². The highest BCUT2D eigenvalue weighted by atomic mass is 16.4. The minimum atomic E-state index is -1.02. The van der Waals surface area contributed by atoms with Crippen LogP contribution in [0.5, 0.6) is 0 Å². The predicted molar refractivity (Wildman–Crippen MR) is 82.1 cm³/mol. The number of nitrogens with zero attached hydrogens (tertiary/aromatic N) is 4. The molecule has 0 spiro atoms. The number of hydrogen-bond acceptors (Lipinski definition) is 6. The lowest BCUT2D eigenvalue weighted by atomic mass is 10.1. The quantitative estimate of drug-likeness (QED) is 0.887. The Bertz CT molecular complexity index is 649. The number of aromatic carboxylic acids is 1. The second kappa shape index (κ2) is 6.38. The van der Waals surface area contributed by atoms with Gasteiger partial charge in [-0.05, 0) is 31.0 Å². The van der Waals surface area contributed by atoms with Crippen molar-refractivity contribution in [3.63, 3.8) is 0 Å². The summed E-state index contributed by atoms with van der Waals surface area (Å²) in [6, 6.07) is 6.95. The van der Waals surface area contributed by atoms with Crippen molar-refractivity contribution < 1.29 is 9.90 Å². The van der Waals surface area contributed by atoms with Crippen LogP contribution in [0.25, 0.3) is 0 Å². The molecule has 7 nitrogen and oxygen atoms in total. The molecule has 0 saturated carbocycles. The van der Waals surface area contributed by atoms with E-state index in [1.54, 1.807) is 30.6 Å². The summed E-state index contributed by atoms with van der Waals surface area (Å²) in [5.74, 6) is 0.286. The standard InChI is InChI=1S/C15H17N5O2/c21-14(22)12-5-1-6-13(19-12)18-11-4-2-9-20(10-11)15-16-7-3-8-17-15/h1,3,5-8,11H,2,4,9-10H2,(H,18,19)(H,21,22). The Morgan fingerprint density at radius 1 is 1.27 bits per heavy atom. The number of hydrogen-bond donors (Lipinski definition) is 2. The number of rotatable bonds is 4. The van der Waals surface area contributed by atoms with E-state index in [0.717, 1.165) is 31.9 Å². The fraction of sp³-hybridized carbons (Fsp3) is 0.333. The van der Waals surface area contributed by atoms with Gasteiger partial charge in [-0.15, -0.1) is 0 Å². The highest BCUT2D eigenvalue weighted by molar-refractivity contribution is 5.85. The first kappa shape index (κ1) is 14.2. The Labute approximate surface area is 128 Å². The molecule has 0 amide bonds. The van der Waals surface area contributed by atoms with Gasteiger partial charge in [0.1, 0.15) is 5.82 Å². The van der Waals surface area contributed by atoms with Crippen molar-refractivity contribution in [1.29, 1.82) is 0 Å². The fourth-order valence-electron chi connectivity index (χ4n) is 2.57. The molecule has 1 atom stereocenters. The fourth-order valence-corrected chi connectivity index (χ4v) is 2.57. The van der Waals surface area contributed by atoms with Gasteiger partial charge in [0, 0.05) is 31.5 Å². The molecule has 1 saturated heterocycles. The number of aromatic nitrogens is 3. The molecule has 3 heterocycles. The molecule has 0 bridgehead atoms. The maximum absolute atomic E-state index is 11.0. The smallest absolute Gasteiger partial charge is 0.354 e. The Morgan fingerprint density at radius 2 is 2.09 bits per heavy atom. The van der Waals surface area contributed by atoms with Gasteiger partial charge in [-0.1, -0.05) is 6.07 Å². The third kappa shape index (κ3) is 3.30. The van der Waals surface area contributed by atoms with Crippen LogP contribution in [0.3, 0.4) is 0 Å². The van der Waals surface area contributed by atoms with Crippen molar-refractivity contribution in [2.24, 2.45) is 0 Å². The summed E-state index contributed by atoms with van der Waals surface area (Å²) >= 11 is 0. The summed E-state index contributed by atoms with van der Waals surface area (Å²) in [4.78, 5) is 25.7. The topological polar surface area (TPSA) is 91.2 Å². The van der Waals surface area contributed by atoms with Crippen LogP contribution in [-0.2, 0) is 0 Å². The van der Waals surface area contributed by atoms with Crippen LogP contribution in [0.2, 0.25) is 0 Å². The van der Waals surface area contributed by atoms with E-state index in [1.165, 1.54) is 6.07 Å². The lowest BCUT2D eigenvalue weighted by Crippen LogP contribution is -2.43. The van der Waals surface area contributed by atoms with Gasteiger partial charge >= 0.3 is 5.97 Å². The molecule has 2 aromatic heterocycles. The maximum atomic E-state index is 11.0. The largest absolute Gasteiger partial charge is 0.477 e. The zero-order valence-corrected chi connectivity index (χ0v) is 12.0. The van der Waals surface area contributed by atoms with Gasteiger partial charge in [0.25, 0.3) is 0 Å². The Morgan fingerprint density at radius 3 is 2.86 bits per heavy atom. The summed E-state index contributed by atoms with van der Waals surface area (Å²) in [6.45, 7) is 1.69. The summed E-state index contributed by atoms with van der Waals surface area (Å²) in [5.41, 5.74) is 0.0454. The molecule has 22 heavy (non-hydrogen) atoms. The van der Waals surface area contributed by atoms with Crippen LogP contribution in [0.1, 0.15) is 23.3 Å². The number of nitrogens with one attached hydrogen (secondary N) is 1. The third-order valence-electron chi connectivity index (χ3n) is 3.58. The van der Waals surface area contributed by atoms with Gasteiger partial charge in [-0.2, -0.15) is 0 Å². The lowest BCUT2D eigenvalue weighted by molar-refractivity contribution is 0.0690. The summed E-state index contributed by atoms with van der Waals surface area (Å²) in [5, 5.41) is 12.3. The molecule has 2 aromatic rings. The summed E-state index contributed by atoms with van der Waals surface area (Å²) in [7, 11) is 0. The average molecular weight is 299 g/mol. The monoisotopic (exact) mass is 299 g/mol. The summed E-state index contributed by atoms with van der Waals surface area (Å²) in [6.07, 6.45) is 5.49. The molecule has 1 fully saturated rings. The second-order valence-corrected chi connectivity index (χ2v) is 5.19. The number of pyridine rings is 1. The number of carbonyl (C=O) groups is 1. The van der Waals surface area contributed by atoms with E-state index in [-0.39, 0.29) is 11.7 Å². The Kier molecular flexibility index (Phi) is 4.13. The molecule has 0 aliphatic carbocycles. The minimum Gasteiger partial charge on any atom is -0.477 e. The highest BCUT2D eigenvalue weighted by Gasteiger charge is 2.22. The van der Waals surface area contributed by atoms with E-state index < -0.39 is 5.97 Å². The zero-order valence-electron chi connectivity index (χ0n) is 12.0. The molecule has 7 heteroatoms. The molecule has 1 aliphatic rings. The first-order chi connectivity index (χ1) is 10.7. The Balaban J connectivity index is 1.68. The highest BCUT2D eigenvalue weighted by Crippen LogP contribution is 2.18. The molecule has 1 aliphatic heterocycles. The van der Waals surface area contributed by atoms with Crippen LogP contribution >= 0.6 is 0 Å². The zero-order chi connectivity index (χ0) is 15.4. The lowest BCUT2D eigenvalue weighted by Gasteiger charge is -2.33. The van der Waals surface area contributed by atoms with Crippen molar-refractivity contribution in [3.8, 4) is 0 Å². The first-order valence-corrected chi connectivity index (χ1v) is 7.21. The van der Waals surface area contributed by atoms with Crippen molar-refractivity contribution in [2.75, 3.05) is 23.3 Å². The SMILES string of the molecule is O=C(O)c1cccc(NC2CCCN(c3ncccn3)C2)n1. The van der Waals surface area contributed by atoms with Gasteiger partial charge in [0.05, 0.1) is 0 Å². The van der Waals surface area contributed by atoms with Crippen molar-refractivity contribution in [1.82, 2.24) is 15.0 Å². The molecule has 0 radical (unpaired) electrons. The van der Waals surface area contributed by atoms with Crippen molar-refractivity contribution in [2.45, 2.75) is 18.9 Å². The first-order valence-electron chi connectivity index (χ1n) is 7.21. The molecule has 1 unspecified atom stereocenters. The minimum absolute atomic E-state index is 0.0454. The van der Waals surface area contributed by atoms with Crippen LogP contribution in [0.15, 0.2) is 36.7 Å². The van der Waals surface area contributed by atoms with Crippen molar-refractivity contribution in [3.05, 3.63) is 42.4 Å². The van der Waals surface area contributed by atoms with E-state index in [4.69, 9.17) is 5.11 Å². The van der Waals surface area contributed by atoms with Gasteiger partial charge in [-0.3, -0.25) is 0 Å². The Hall–Kier alpha value is -2.70. The third-order valence-corrected chi connectivity index (χ3v) is 3.58. The van der Waals surface area contributed by atoms with E-state index in [1.807, 2.05) is 0 Å². The summed E-state index contributed by atoms with van der Waals surface area (Å²) < 4.78 is 0. The molecular formula is C15H17N5O2. The molecule has 2 N–H and O–H groups in total. The van der Waals surface area contributed by atoms with Gasteiger partial charge in [0.2, 0.25) is 5.95 Å². The van der Waals surface area contributed by atoms with Gasteiger partial charge < -0.3 is 15.3 Å². The number of carboxylic acid groups (broad SMARTS) is 1. The number of piperidine rings is 1. The molecule has 114 valence electrons. The van der Waals surface area contributed by atoms with E-state index >= 15 is 0 Å². The molecule has 0 aromatic carbocycles. The second-order valence-electron chi connectivity index (χ2n) is 5.19. The number of anilines is 2. The van der Waals surface area contributed by atoms with Crippen molar-refractivity contribution >= 4 is 17.7 Å². The van der Waals surface area contributed by atoms with Crippen LogP contribution in [0, 0.1) is 0 Å². The molecular weight excluding hydrogens is 282 g/mol. The normalized spacial score (nSPS) is 18.0. The van der Waals surface area contributed by atoms with Crippen LogP contribution in [0.4, 0.5) is 11.8 Å². The predicted octanol–water partition coefficient (Wildman–Crippen LogP) is 1.65. The average Bonchev–Trinajstić information content (AvgIpc) is 2.56. The van der Waals surface area contributed by atoms with E-state index in [2.05, 4.69) is 25.2 Å². The van der Waals surface area contributed by atoms with E-state index in [9.17, 15) is 4.79 Å². The number of carboxylic acids is 1. The van der Waals surface area contributed by atoms with Gasteiger partial charge in [-0.25, -0.2) is 19.7 Å². The van der Waals surface area contributed by atoms with Gasteiger partial charge in [0.15, 0.2) is 5.69 Å². The van der Waals surface area contributed by atoms with Crippen LogP contribution in [-0.4, -0.2) is 45.2 Å².